The lowest BCUT2D eigenvalue weighted by molar-refractivity contribution is -0.142. The number of carboxylic acids is 1. The third-order valence-electron chi connectivity index (χ3n) is 9.72. The lowest BCUT2D eigenvalue weighted by Gasteiger charge is -2.26. The van der Waals surface area contributed by atoms with E-state index in [-0.39, 0.29) is 70.2 Å². The lowest BCUT2D eigenvalue weighted by Crippen LogP contribution is -2.51. The van der Waals surface area contributed by atoms with Gasteiger partial charge in [0.25, 0.3) is 5.91 Å². The highest BCUT2D eigenvalue weighted by molar-refractivity contribution is 5.99. The first-order valence-corrected chi connectivity index (χ1v) is 18.7. The number of ketones is 1. The maximum atomic E-state index is 14.1. The number of benzene rings is 3. The molecule has 10 N–H and O–H groups in total. The van der Waals surface area contributed by atoms with E-state index >= 15 is 0 Å². The molecule has 1 aliphatic rings. The van der Waals surface area contributed by atoms with Crippen LogP contribution in [0, 0.1) is 19.8 Å². The third kappa shape index (κ3) is 11.1. The van der Waals surface area contributed by atoms with E-state index in [1.54, 1.807) is 43.3 Å². The normalized spacial score (nSPS) is 18.2. The number of aliphatic carboxylic acids is 1. The number of aryl methyl sites for hydroxylation is 2. The number of ether oxygens (including phenoxy) is 2. The number of hydrogen-bond acceptors (Lipinski definition) is 10. The summed E-state index contributed by atoms with van der Waals surface area (Å²) in [7, 11) is 0. The van der Waals surface area contributed by atoms with Crippen molar-refractivity contribution in [3.05, 3.63) is 82.4 Å². The molecule has 0 aromatic heterocycles. The van der Waals surface area contributed by atoms with Crippen LogP contribution < -0.4 is 42.6 Å². The van der Waals surface area contributed by atoms with Crippen molar-refractivity contribution in [2.75, 3.05) is 32.8 Å². The first kappa shape index (κ1) is 42.4. The fourth-order valence-electron chi connectivity index (χ4n) is 6.70. The monoisotopic (exact) mass is 758 g/mol. The molecule has 3 aromatic rings. The lowest BCUT2D eigenvalue weighted by atomic mass is 9.85. The summed E-state index contributed by atoms with van der Waals surface area (Å²) in [5.74, 6) is -3.54. The van der Waals surface area contributed by atoms with Crippen LogP contribution in [0.15, 0.2) is 54.6 Å². The number of fused-ring (bicyclic) bond motifs is 5. The number of Topliss-reactive ketones (excluding diaryl/α,β-unsaturated/α-hetero) is 1. The first-order valence-electron chi connectivity index (χ1n) is 18.7. The number of carbonyl (C=O) groups excluding carboxylic acids is 4. The van der Waals surface area contributed by atoms with E-state index in [4.69, 9.17) is 26.7 Å². The Bertz CT molecular complexity index is 1870. The minimum atomic E-state index is -1.29. The zero-order chi connectivity index (χ0) is 40.2. The molecule has 1 unspecified atom stereocenters. The van der Waals surface area contributed by atoms with Gasteiger partial charge >= 0.3 is 5.97 Å². The van der Waals surface area contributed by atoms with E-state index in [1.165, 1.54) is 6.92 Å². The summed E-state index contributed by atoms with van der Waals surface area (Å²) in [6, 6.07) is 12.8. The molecule has 0 aliphatic carbocycles. The molecule has 3 amide bonds. The van der Waals surface area contributed by atoms with E-state index < -0.39 is 47.7 Å². The maximum Gasteiger partial charge on any atom is 0.326 e. The summed E-state index contributed by atoms with van der Waals surface area (Å²) in [4.78, 5) is 66.8. The van der Waals surface area contributed by atoms with E-state index in [1.807, 2.05) is 32.0 Å². The van der Waals surface area contributed by atoms with Gasteiger partial charge in [-0.15, -0.1) is 0 Å². The third-order valence-corrected chi connectivity index (χ3v) is 9.72. The van der Waals surface area contributed by atoms with Gasteiger partial charge < -0.3 is 47.7 Å². The van der Waals surface area contributed by atoms with Crippen LogP contribution in [0.5, 0.6) is 11.5 Å². The zero-order valence-electron chi connectivity index (χ0n) is 32.0. The average molecular weight is 759 g/mol. The molecule has 14 heteroatoms. The van der Waals surface area contributed by atoms with Gasteiger partial charge in [0.05, 0.1) is 12.0 Å². The SMILES string of the molecule is Cc1ccc(C(=O)N[C@@H](CCN)C(=O)C(C)CC[C@@H]2C(=O)N[C@@H](C)C(=O)N[C@H](C(=O)O)Cc3ccc(OCCN)c(c3)-c3cc2ccc3OCCN)c(C)c1. The van der Waals surface area contributed by atoms with Crippen molar-refractivity contribution in [1.82, 2.24) is 16.0 Å². The topological polar surface area (TPSA) is 238 Å². The molecule has 4 rings (SSSR count). The fourth-order valence-corrected chi connectivity index (χ4v) is 6.70. The Balaban J connectivity index is 1.73. The second-order valence-corrected chi connectivity index (χ2v) is 14.0. The van der Waals surface area contributed by atoms with Crippen LogP contribution in [0.25, 0.3) is 11.1 Å². The molecule has 1 aliphatic heterocycles. The van der Waals surface area contributed by atoms with Gasteiger partial charge in [-0.3, -0.25) is 19.2 Å². The first-order chi connectivity index (χ1) is 26.3. The fraction of sp³-hybridized carbons (Fsp3) is 0.439. The summed E-state index contributed by atoms with van der Waals surface area (Å²) < 4.78 is 12.1. The second kappa shape index (κ2) is 19.9. The largest absolute Gasteiger partial charge is 0.492 e. The van der Waals surface area contributed by atoms with Crippen molar-refractivity contribution >= 4 is 29.5 Å². The highest BCUT2D eigenvalue weighted by Crippen LogP contribution is 2.40. The van der Waals surface area contributed by atoms with Crippen LogP contribution in [0.4, 0.5) is 0 Å². The average Bonchev–Trinajstić information content (AvgIpc) is 3.15. The van der Waals surface area contributed by atoms with E-state index in [0.29, 0.717) is 39.3 Å². The molecule has 0 saturated carbocycles. The molecular weight excluding hydrogens is 704 g/mol. The summed E-state index contributed by atoms with van der Waals surface area (Å²) in [5.41, 5.74) is 22.0. The van der Waals surface area contributed by atoms with Crippen molar-refractivity contribution in [2.45, 2.75) is 77.4 Å². The summed E-state index contributed by atoms with van der Waals surface area (Å²) in [6.45, 7) is 8.05. The van der Waals surface area contributed by atoms with E-state index in [9.17, 15) is 29.1 Å². The Morgan fingerprint density at radius 2 is 1.51 bits per heavy atom. The van der Waals surface area contributed by atoms with Crippen LogP contribution >= 0.6 is 0 Å². The molecule has 1 heterocycles. The minimum absolute atomic E-state index is 0.0463. The summed E-state index contributed by atoms with van der Waals surface area (Å²) in [6.07, 6.45) is 0.620. The number of nitrogens with two attached hydrogens (primary N) is 3. The predicted octanol–water partition coefficient (Wildman–Crippen LogP) is 2.49. The molecular formula is C41H54N6O8. The molecule has 0 fully saturated rings. The molecule has 4 bridgehead atoms. The van der Waals surface area contributed by atoms with Crippen LogP contribution in [0.3, 0.4) is 0 Å². The molecule has 0 radical (unpaired) electrons. The Morgan fingerprint density at radius 3 is 2.13 bits per heavy atom. The Kier molecular flexibility index (Phi) is 15.3. The van der Waals surface area contributed by atoms with Gasteiger partial charge in [-0.25, -0.2) is 4.79 Å². The number of hydrogen-bond donors (Lipinski definition) is 7. The molecule has 0 saturated heterocycles. The Labute approximate surface area is 321 Å². The Hall–Kier alpha value is -5.31. The van der Waals surface area contributed by atoms with Crippen molar-refractivity contribution in [3.8, 4) is 22.6 Å². The number of nitrogens with one attached hydrogen (secondary N) is 3. The smallest absolute Gasteiger partial charge is 0.326 e. The minimum Gasteiger partial charge on any atom is -0.492 e. The molecule has 14 nitrogen and oxygen atoms in total. The Morgan fingerprint density at radius 1 is 0.855 bits per heavy atom. The van der Waals surface area contributed by atoms with Gasteiger partial charge in [-0.05, 0) is 93.6 Å². The van der Waals surface area contributed by atoms with Crippen molar-refractivity contribution in [2.24, 2.45) is 23.1 Å². The highest BCUT2D eigenvalue weighted by Gasteiger charge is 2.32. The number of carboxylic acid groups (broad SMARTS) is 1. The molecule has 296 valence electrons. The van der Waals surface area contributed by atoms with Gasteiger partial charge in [0.2, 0.25) is 11.8 Å². The van der Waals surface area contributed by atoms with Gasteiger partial charge in [0, 0.05) is 42.1 Å². The van der Waals surface area contributed by atoms with Crippen molar-refractivity contribution < 1.29 is 38.6 Å². The molecule has 55 heavy (non-hydrogen) atoms. The zero-order valence-corrected chi connectivity index (χ0v) is 32.0. The van der Waals surface area contributed by atoms with Gasteiger partial charge in [0.15, 0.2) is 5.78 Å². The van der Waals surface area contributed by atoms with E-state index in [0.717, 1.165) is 11.1 Å². The quantitative estimate of drug-likeness (QED) is 0.112. The number of carbonyl (C=O) groups is 5. The van der Waals surface area contributed by atoms with Crippen molar-refractivity contribution in [1.29, 1.82) is 0 Å². The van der Waals surface area contributed by atoms with Gasteiger partial charge in [-0.1, -0.05) is 36.8 Å². The van der Waals surface area contributed by atoms with Crippen LogP contribution in [-0.4, -0.2) is 85.6 Å². The second-order valence-electron chi connectivity index (χ2n) is 14.0. The van der Waals surface area contributed by atoms with Crippen molar-refractivity contribution in [3.63, 3.8) is 0 Å². The standard InChI is InChI=1S/C41H54N6O8/c1-23-5-9-29(25(3)19-23)39(50)46-33(13-14-42)37(48)24(2)6-10-30-28-8-12-36(55-18-16-44)32(22-28)31-20-27(7-11-35(31)54-17-15-43)21-34(41(52)53)47-38(49)26(4)45-40(30)51/h5,7-9,11-12,19-20,22,24,26,30,33-34H,6,10,13-18,21,42-44H2,1-4H3,(H,45,51)(H,46,50)(H,47,49)(H,52,53)/t24?,26-,30-,33-,34-/m0/s1. The van der Waals surface area contributed by atoms with Crippen LogP contribution in [-0.2, 0) is 25.6 Å². The molecule has 3 aromatic carbocycles. The molecule has 0 spiro atoms. The summed E-state index contributed by atoms with van der Waals surface area (Å²) in [5, 5.41) is 18.2. The van der Waals surface area contributed by atoms with E-state index in [2.05, 4.69) is 16.0 Å². The van der Waals surface area contributed by atoms with Crippen LogP contribution in [0.2, 0.25) is 0 Å². The maximum absolute atomic E-state index is 14.1. The van der Waals surface area contributed by atoms with Gasteiger partial charge in [-0.2, -0.15) is 0 Å². The van der Waals surface area contributed by atoms with Crippen LogP contribution in [0.1, 0.15) is 71.6 Å². The predicted molar refractivity (Wildman–Crippen MR) is 209 cm³/mol. The highest BCUT2D eigenvalue weighted by atomic mass is 16.5. The summed E-state index contributed by atoms with van der Waals surface area (Å²) >= 11 is 0. The number of rotatable bonds is 16. The number of amides is 3. The van der Waals surface area contributed by atoms with Gasteiger partial charge in [0.1, 0.15) is 36.8 Å². The molecule has 5 atom stereocenters.